The Bertz CT molecular complexity index is 595. The van der Waals surface area contributed by atoms with Crippen LogP contribution in [0, 0.1) is 5.82 Å². The number of para-hydroxylation sites is 1. The maximum absolute atomic E-state index is 13.8. The first-order chi connectivity index (χ1) is 9.79. The van der Waals surface area contributed by atoms with Crippen molar-refractivity contribution in [3.63, 3.8) is 0 Å². The highest BCUT2D eigenvalue weighted by atomic mass is 35.5. The summed E-state index contributed by atoms with van der Waals surface area (Å²) in [6, 6.07) is 5.03. The van der Waals surface area contributed by atoms with Gasteiger partial charge >= 0.3 is 0 Å². The van der Waals surface area contributed by atoms with Crippen LogP contribution >= 0.6 is 11.6 Å². The molecule has 3 rings (SSSR count). The Balaban J connectivity index is 1.84. The lowest BCUT2D eigenvalue weighted by atomic mass is 10.3. The molecule has 0 spiro atoms. The molecule has 0 saturated carbocycles. The van der Waals surface area contributed by atoms with E-state index in [4.69, 9.17) is 16.3 Å². The van der Waals surface area contributed by atoms with E-state index < -0.39 is 0 Å². The minimum atomic E-state index is -0.293. The van der Waals surface area contributed by atoms with E-state index in [9.17, 15) is 4.39 Å². The lowest BCUT2D eigenvalue weighted by Gasteiger charge is -2.26. The number of benzene rings is 1. The third-order valence-corrected chi connectivity index (χ3v) is 3.91. The van der Waals surface area contributed by atoms with Gasteiger partial charge < -0.3 is 9.30 Å². The maximum Gasteiger partial charge on any atom is 0.151 e. The van der Waals surface area contributed by atoms with Crippen LogP contribution in [-0.2, 0) is 17.2 Å². The van der Waals surface area contributed by atoms with Crippen molar-refractivity contribution in [3.05, 3.63) is 29.8 Å². The number of hydrogen-bond acceptors (Lipinski definition) is 3. The van der Waals surface area contributed by atoms with Crippen LogP contribution in [0.1, 0.15) is 5.82 Å². The molecule has 1 aliphatic heterocycles. The number of aromatic nitrogens is 2. The molecule has 0 bridgehead atoms. The van der Waals surface area contributed by atoms with E-state index in [1.54, 1.807) is 6.07 Å². The topological polar surface area (TPSA) is 30.3 Å². The molecular weight excluding hydrogens is 281 g/mol. The molecule has 2 heterocycles. The van der Waals surface area contributed by atoms with Gasteiger partial charge in [-0.05, 0) is 12.1 Å². The molecule has 20 heavy (non-hydrogen) atoms. The molecule has 1 aromatic heterocycles. The van der Waals surface area contributed by atoms with E-state index in [1.165, 1.54) is 6.07 Å². The molecular formula is C14H17ClFN3O. The van der Waals surface area contributed by atoms with Crippen molar-refractivity contribution < 1.29 is 9.13 Å². The molecule has 2 aromatic rings. The van der Waals surface area contributed by atoms with Crippen LogP contribution < -0.4 is 0 Å². The molecule has 0 N–H and O–H groups in total. The molecule has 1 aliphatic rings. The normalized spacial score (nSPS) is 16.9. The zero-order valence-corrected chi connectivity index (χ0v) is 11.9. The molecule has 108 valence electrons. The van der Waals surface area contributed by atoms with Gasteiger partial charge in [0.25, 0.3) is 0 Å². The van der Waals surface area contributed by atoms with E-state index in [0.29, 0.717) is 5.52 Å². The van der Waals surface area contributed by atoms with Gasteiger partial charge in [0.2, 0.25) is 0 Å². The Labute approximate surface area is 122 Å². The van der Waals surface area contributed by atoms with Gasteiger partial charge in [0, 0.05) is 26.2 Å². The number of hydrogen-bond donors (Lipinski definition) is 0. The first-order valence-corrected chi connectivity index (χ1v) is 7.33. The van der Waals surface area contributed by atoms with Crippen LogP contribution in [0.4, 0.5) is 4.39 Å². The average molecular weight is 298 g/mol. The van der Waals surface area contributed by atoms with Crippen LogP contribution in [0.15, 0.2) is 18.2 Å². The fraction of sp³-hybridized carbons (Fsp3) is 0.500. The summed E-state index contributed by atoms with van der Waals surface area (Å²) < 4.78 is 21.1. The van der Waals surface area contributed by atoms with E-state index >= 15 is 0 Å². The van der Waals surface area contributed by atoms with Gasteiger partial charge in [-0.3, -0.25) is 4.90 Å². The van der Waals surface area contributed by atoms with Crippen molar-refractivity contribution in [2.75, 3.05) is 32.8 Å². The first-order valence-electron chi connectivity index (χ1n) is 6.79. The highest BCUT2D eigenvalue weighted by Gasteiger charge is 2.15. The summed E-state index contributed by atoms with van der Waals surface area (Å²) in [5.74, 6) is 0.719. The maximum atomic E-state index is 13.8. The second-order valence-corrected chi connectivity index (χ2v) is 5.14. The molecule has 0 unspecified atom stereocenters. The van der Waals surface area contributed by atoms with E-state index in [1.807, 2.05) is 10.6 Å². The summed E-state index contributed by atoms with van der Waals surface area (Å²) in [6.07, 6.45) is 0. The van der Waals surface area contributed by atoms with Gasteiger partial charge in [-0.2, -0.15) is 0 Å². The van der Waals surface area contributed by atoms with Crippen molar-refractivity contribution in [3.8, 4) is 0 Å². The largest absolute Gasteiger partial charge is 0.379 e. The molecule has 1 aromatic carbocycles. The van der Waals surface area contributed by atoms with Gasteiger partial charge in [0.15, 0.2) is 5.82 Å². The summed E-state index contributed by atoms with van der Waals surface area (Å²) in [6.45, 7) is 5.11. The SMILES string of the molecule is Fc1cccc2c1nc(CCl)n2CCN1CCOCC1. The quantitative estimate of drug-likeness (QED) is 0.811. The number of imidazole rings is 1. The van der Waals surface area contributed by atoms with E-state index in [0.717, 1.165) is 50.7 Å². The summed E-state index contributed by atoms with van der Waals surface area (Å²) in [5, 5.41) is 0. The Kier molecular flexibility index (Phi) is 4.19. The highest BCUT2D eigenvalue weighted by Crippen LogP contribution is 2.20. The average Bonchev–Trinajstić information content (AvgIpc) is 2.85. The van der Waals surface area contributed by atoms with E-state index in [-0.39, 0.29) is 11.7 Å². The number of alkyl halides is 1. The smallest absolute Gasteiger partial charge is 0.151 e. The monoisotopic (exact) mass is 297 g/mol. The number of nitrogens with zero attached hydrogens (tertiary/aromatic N) is 3. The second-order valence-electron chi connectivity index (χ2n) is 4.87. The van der Waals surface area contributed by atoms with Crippen molar-refractivity contribution in [1.82, 2.24) is 14.5 Å². The molecule has 1 fully saturated rings. The molecule has 0 aliphatic carbocycles. The summed E-state index contributed by atoms with van der Waals surface area (Å²) in [4.78, 5) is 6.65. The fourth-order valence-electron chi connectivity index (χ4n) is 2.58. The Morgan fingerprint density at radius 2 is 2.05 bits per heavy atom. The minimum absolute atomic E-state index is 0.289. The minimum Gasteiger partial charge on any atom is -0.379 e. The van der Waals surface area contributed by atoms with Crippen molar-refractivity contribution in [1.29, 1.82) is 0 Å². The lowest BCUT2D eigenvalue weighted by Crippen LogP contribution is -2.38. The third-order valence-electron chi connectivity index (χ3n) is 3.67. The number of fused-ring (bicyclic) bond motifs is 1. The Hall–Kier alpha value is -1.17. The number of ether oxygens (including phenoxy) is 1. The standard InChI is InChI=1S/C14H17ClFN3O/c15-10-13-17-14-11(16)2-1-3-12(14)19(13)5-4-18-6-8-20-9-7-18/h1-3H,4-10H2. The molecule has 0 radical (unpaired) electrons. The van der Waals surface area contributed by atoms with Crippen LogP contribution in [0.3, 0.4) is 0 Å². The van der Waals surface area contributed by atoms with Crippen molar-refractivity contribution >= 4 is 22.6 Å². The summed E-state index contributed by atoms with van der Waals surface area (Å²) >= 11 is 5.94. The number of halogens is 2. The van der Waals surface area contributed by atoms with Gasteiger partial charge in [0.05, 0.1) is 24.6 Å². The van der Waals surface area contributed by atoms with Crippen LogP contribution in [0.25, 0.3) is 11.0 Å². The molecule has 0 atom stereocenters. The lowest BCUT2D eigenvalue weighted by molar-refractivity contribution is 0.0364. The number of rotatable bonds is 4. The summed E-state index contributed by atoms with van der Waals surface area (Å²) in [5.41, 5.74) is 1.22. The van der Waals surface area contributed by atoms with Gasteiger partial charge in [-0.25, -0.2) is 9.37 Å². The zero-order chi connectivity index (χ0) is 13.9. The van der Waals surface area contributed by atoms with Gasteiger partial charge in [-0.1, -0.05) is 6.07 Å². The van der Waals surface area contributed by atoms with Crippen LogP contribution in [0.5, 0.6) is 0 Å². The van der Waals surface area contributed by atoms with Crippen molar-refractivity contribution in [2.24, 2.45) is 0 Å². The van der Waals surface area contributed by atoms with Crippen LogP contribution in [-0.4, -0.2) is 47.3 Å². The zero-order valence-electron chi connectivity index (χ0n) is 11.2. The second kappa shape index (κ2) is 6.08. The number of morpholine rings is 1. The Morgan fingerprint density at radius 1 is 1.25 bits per heavy atom. The Morgan fingerprint density at radius 3 is 2.80 bits per heavy atom. The summed E-state index contributed by atoms with van der Waals surface area (Å²) in [7, 11) is 0. The third kappa shape index (κ3) is 2.66. The van der Waals surface area contributed by atoms with Gasteiger partial charge in [0.1, 0.15) is 11.3 Å². The molecule has 1 saturated heterocycles. The van der Waals surface area contributed by atoms with Gasteiger partial charge in [-0.15, -0.1) is 11.6 Å². The predicted octanol–water partition coefficient (Wildman–Crippen LogP) is 2.25. The van der Waals surface area contributed by atoms with E-state index in [2.05, 4.69) is 9.88 Å². The molecule has 4 nitrogen and oxygen atoms in total. The van der Waals surface area contributed by atoms with Crippen molar-refractivity contribution in [2.45, 2.75) is 12.4 Å². The highest BCUT2D eigenvalue weighted by molar-refractivity contribution is 6.16. The predicted molar refractivity (Wildman–Crippen MR) is 76.5 cm³/mol. The fourth-order valence-corrected chi connectivity index (χ4v) is 2.78. The first kappa shape index (κ1) is 13.8. The van der Waals surface area contributed by atoms with Crippen LogP contribution in [0.2, 0.25) is 0 Å². The molecule has 0 amide bonds. The molecule has 6 heteroatoms.